The van der Waals surface area contributed by atoms with Crippen LogP contribution in [0.5, 0.6) is 0 Å². The molecule has 0 atom stereocenters. The van der Waals surface area contributed by atoms with Crippen molar-refractivity contribution in [1.82, 2.24) is 20.4 Å². The number of benzene rings is 2. The second-order valence-electron chi connectivity index (χ2n) is 8.61. The van der Waals surface area contributed by atoms with Gasteiger partial charge in [-0.15, -0.1) is 0 Å². The molecule has 33 heavy (non-hydrogen) atoms. The molecule has 6 nitrogen and oxygen atoms in total. The van der Waals surface area contributed by atoms with E-state index >= 15 is 0 Å². The molecule has 0 radical (unpaired) electrons. The molecule has 0 bridgehead atoms. The van der Waals surface area contributed by atoms with Gasteiger partial charge in [0.15, 0.2) is 0 Å². The summed E-state index contributed by atoms with van der Waals surface area (Å²) in [4.78, 5) is 19.3. The van der Waals surface area contributed by atoms with Crippen molar-refractivity contribution in [1.29, 1.82) is 0 Å². The maximum atomic E-state index is 12.5. The predicted molar refractivity (Wildman–Crippen MR) is 133 cm³/mol. The van der Waals surface area contributed by atoms with E-state index in [-0.39, 0.29) is 11.8 Å². The monoisotopic (exact) mass is 464 g/mol. The first-order valence-corrected chi connectivity index (χ1v) is 12.8. The van der Waals surface area contributed by atoms with Gasteiger partial charge in [-0.25, -0.2) is 0 Å². The summed E-state index contributed by atoms with van der Waals surface area (Å²) < 4.78 is 5.43. The molecule has 4 rings (SSSR count). The average Bonchev–Trinajstić information content (AvgIpc) is 3.31. The summed E-state index contributed by atoms with van der Waals surface area (Å²) in [5.41, 5.74) is 3.63. The van der Waals surface area contributed by atoms with Gasteiger partial charge in [0.05, 0.1) is 6.54 Å². The zero-order valence-corrected chi connectivity index (χ0v) is 20.0. The van der Waals surface area contributed by atoms with Crippen molar-refractivity contribution in [2.75, 3.05) is 25.4 Å². The number of likely N-dealkylation sites (tertiary alicyclic amines) is 1. The Labute approximate surface area is 200 Å². The van der Waals surface area contributed by atoms with Gasteiger partial charge in [0.2, 0.25) is 17.6 Å². The maximum Gasteiger partial charge on any atom is 0.241 e. The number of hydrogen-bond acceptors (Lipinski definition) is 6. The number of rotatable bonds is 10. The van der Waals surface area contributed by atoms with Crippen molar-refractivity contribution in [2.24, 2.45) is 5.92 Å². The van der Waals surface area contributed by atoms with E-state index in [4.69, 9.17) is 4.52 Å². The standard InChI is InChI=1S/C26H32N4O2S/c1-20-7-5-8-21(17-20)19-33-16-6-13-27-26(31)23-11-14-30(15-12-23)18-24-28-25(29-32-24)22-9-3-2-4-10-22/h2-5,7-10,17,23H,6,11-16,18-19H2,1H3,(H,27,31). The van der Waals surface area contributed by atoms with Crippen LogP contribution in [0.4, 0.5) is 0 Å². The zero-order valence-electron chi connectivity index (χ0n) is 19.2. The van der Waals surface area contributed by atoms with Gasteiger partial charge in [0.1, 0.15) is 0 Å². The van der Waals surface area contributed by atoms with E-state index in [9.17, 15) is 4.79 Å². The van der Waals surface area contributed by atoms with Crippen molar-refractivity contribution in [3.8, 4) is 11.4 Å². The normalized spacial score (nSPS) is 14.9. The molecule has 3 aromatic rings. The van der Waals surface area contributed by atoms with E-state index in [1.165, 1.54) is 11.1 Å². The maximum absolute atomic E-state index is 12.5. The molecule has 7 heteroatoms. The molecule has 0 aliphatic carbocycles. The smallest absolute Gasteiger partial charge is 0.241 e. The van der Waals surface area contributed by atoms with Crippen molar-refractivity contribution in [2.45, 2.75) is 38.5 Å². The molecule has 1 saturated heterocycles. The summed E-state index contributed by atoms with van der Waals surface area (Å²) in [7, 11) is 0. The predicted octanol–water partition coefficient (Wildman–Crippen LogP) is 4.70. The van der Waals surface area contributed by atoms with E-state index < -0.39 is 0 Å². The number of aryl methyl sites for hydroxylation is 1. The molecule has 1 aromatic heterocycles. The SMILES string of the molecule is Cc1cccc(CSCCCNC(=O)C2CCN(Cc3nc(-c4ccccc4)no3)CC2)c1. The molecule has 1 amide bonds. The molecule has 1 N–H and O–H groups in total. The first-order valence-electron chi connectivity index (χ1n) is 11.7. The summed E-state index contributed by atoms with van der Waals surface area (Å²) in [6, 6.07) is 18.5. The fourth-order valence-corrected chi connectivity index (χ4v) is 5.00. The first kappa shape index (κ1) is 23.5. The van der Waals surface area contributed by atoms with Crippen LogP contribution >= 0.6 is 11.8 Å². The average molecular weight is 465 g/mol. The van der Waals surface area contributed by atoms with Gasteiger partial charge in [0, 0.05) is 23.8 Å². The molecule has 1 aliphatic rings. The molecule has 1 fully saturated rings. The van der Waals surface area contributed by atoms with Gasteiger partial charge in [-0.05, 0) is 50.6 Å². The summed E-state index contributed by atoms with van der Waals surface area (Å²) >= 11 is 1.93. The lowest BCUT2D eigenvalue weighted by molar-refractivity contribution is -0.126. The second-order valence-corrected chi connectivity index (χ2v) is 9.72. The van der Waals surface area contributed by atoms with Crippen LogP contribution in [0, 0.1) is 12.8 Å². The highest BCUT2D eigenvalue weighted by Crippen LogP contribution is 2.21. The number of carbonyl (C=O) groups is 1. The van der Waals surface area contributed by atoms with E-state index in [0.717, 1.165) is 56.0 Å². The number of nitrogens with zero attached hydrogens (tertiary/aromatic N) is 3. The molecule has 2 aromatic carbocycles. The Bertz CT molecular complexity index is 1020. The molecule has 0 saturated carbocycles. The van der Waals surface area contributed by atoms with Gasteiger partial charge in [0.25, 0.3) is 0 Å². The topological polar surface area (TPSA) is 71.3 Å². The largest absolute Gasteiger partial charge is 0.356 e. The van der Waals surface area contributed by atoms with Crippen LogP contribution in [0.3, 0.4) is 0 Å². The fourth-order valence-electron chi connectivity index (χ4n) is 4.09. The Morgan fingerprint density at radius 2 is 1.97 bits per heavy atom. The van der Waals surface area contributed by atoms with Crippen molar-refractivity contribution < 1.29 is 9.32 Å². The highest BCUT2D eigenvalue weighted by Gasteiger charge is 2.25. The minimum Gasteiger partial charge on any atom is -0.356 e. The minimum absolute atomic E-state index is 0.101. The summed E-state index contributed by atoms with van der Waals surface area (Å²) in [6.07, 6.45) is 2.74. The Balaban J connectivity index is 1.10. The zero-order chi connectivity index (χ0) is 22.9. The highest BCUT2D eigenvalue weighted by molar-refractivity contribution is 7.98. The number of hydrogen-bond donors (Lipinski definition) is 1. The highest BCUT2D eigenvalue weighted by atomic mass is 32.2. The van der Waals surface area contributed by atoms with Crippen LogP contribution in [0.25, 0.3) is 11.4 Å². The number of piperidine rings is 1. The van der Waals surface area contributed by atoms with Crippen LogP contribution in [0.15, 0.2) is 59.1 Å². The van der Waals surface area contributed by atoms with Gasteiger partial charge >= 0.3 is 0 Å². The third-order valence-corrected chi connectivity index (χ3v) is 7.05. The molecule has 2 heterocycles. The fraction of sp³-hybridized carbons (Fsp3) is 0.423. The number of nitrogens with one attached hydrogen (secondary N) is 1. The quantitative estimate of drug-likeness (QED) is 0.439. The van der Waals surface area contributed by atoms with Gasteiger partial charge in [-0.2, -0.15) is 16.7 Å². The Morgan fingerprint density at radius 3 is 2.76 bits per heavy atom. The van der Waals surface area contributed by atoms with E-state index in [1.807, 2.05) is 42.1 Å². The van der Waals surface area contributed by atoms with E-state index in [2.05, 4.69) is 51.5 Å². The third kappa shape index (κ3) is 7.17. The Morgan fingerprint density at radius 1 is 1.15 bits per heavy atom. The summed E-state index contributed by atoms with van der Waals surface area (Å²) in [5.74, 6) is 3.63. The summed E-state index contributed by atoms with van der Waals surface area (Å²) in [5, 5.41) is 7.23. The van der Waals surface area contributed by atoms with Crippen LogP contribution in [-0.4, -0.2) is 46.3 Å². The summed E-state index contributed by atoms with van der Waals surface area (Å²) in [6.45, 7) is 5.25. The van der Waals surface area contributed by atoms with Crippen LogP contribution in [-0.2, 0) is 17.1 Å². The first-order chi connectivity index (χ1) is 16.2. The van der Waals surface area contributed by atoms with Crippen LogP contribution in [0.1, 0.15) is 36.3 Å². The second kappa shape index (κ2) is 12.0. The Hall–Kier alpha value is -2.64. The minimum atomic E-state index is 0.101. The van der Waals surface area contributed by atoms with Crippen LogP contribution < -0.4 is 5.32 Å². The molecular formula is C26H32N4O2S. The number of amides is 1. The number of carbonyl (C=O) groups excluding carboxylic acids is 1. The van der Waals surface area contributed by atoms with E-state index in [0.29, 0.717) is 18.3 Å². The van der Waals surface area contributed by atoms with Crippen molar-refractivity contribution >= 4 is 17.7 Å². The Kier molecular flexibility index (Phi) is 8.55. The third-order valence-electron chi connectivity index (χ3n) is 5.93. The van der Waals surface area contributed by atoms with Crippen LogP contribution in [0.2, 0.25) is 0 Å². The van der Waals surface area contributed by atoms with Crippen molar-refractivity contribution in [3.05, 3.63) is 71.6 Å². The van der Waals surface area contributed by atoms with E-state index in [1.54, 1.807) is 0 Å². The van der Waals surface area contributed by atoms with Gasteiger partial charge in [-0.1, -0.05) is 65.3 Å². The molecule has 0 unspecified atom stereocenters. The number of aromatic nitrogens is 2. The molecule has 1 aliphatic heterocycles. The lowest BCUT2D eigenvalue weighted by Gasteiger charge is -2.30. The van der Waals surface area contributed by atoms with Crippen molar-refractivity contribution in [3.63, 3.8) is 0 Å². The molecule has 0 spiro atoms. The van der Waals surface area contributed by atoms with Gasteiger partial charge in [-0.3, -0.25) is 9.69 Å². The number of thioether (sulfide) groups is 1. The molecular weight excluding hydrogens is 432 g/mol. The molecule has 174 valence electrons. The lowest BCUT2D eigenvalue weighted by Crippen LogP contribution is -2.40. The van der Waals surface area contributed by atoms with Gasteiger partial charge < -0.3 is 9.84 Å². The lowest BCUT2D eigenvalue weighted by atomic mass is 9.96.